The fourth-order valence-electron chi connectivity index (χ4n) is 4.40. The van der Waals surface area contributed by atoms with Crippen LogP contribution >= 0.6 is 0 Å². The molecule has 0 bridgehead atoms. The quantitative estimate of drug-likeness (QED) is 0.696. The molecule has 1 aromatic carbocycles. The molecule has 2 aliphatic heterocycles. The summed E-state index contributed by atoms with van der Waals surface area (Å²) in [4.78, 5) is 24.0. The van der Waals surface area contributed by atoms with Gasteiger partial charge in [0.1, 0.15) is 6.26 Å². The van der Waals surface area contributed by atoms with Crippen LogP contribution in [0, 0.1) is 5.92 Å². The van der Waals surface area contributed by atoms with Gasteiger partial charge >= 0.3 is 0 Å². The maximum Gasteiger partial charge on any atom is 0.275 e. The van der Waals surface area contributed by atoms with Gasteiger partial charge in [0, 0.05) is 52.9 Å². The van der Waals surface area contributed by atoms with E-state index >= 15 is 0 Å². The zero-order chi connectivity index (χ0) is 20.8. The number of oxazole rings is 1. The Hall–Kier alpha value is -2.22. The maximum atomic E-state index is 12.8. The summed E-state index contributed by atoms with van der Waals surface area (Å²) < 4.78 is 10.9. The number of carbonyl (C=O) groups excluding carboxylic acids is 1. The van der Waals surface area contributed by atoms with Gasteiger partial charge in [0.15, 0.2) is 5.69 Å². The van der Waals surface area contributed by atoms with Gasteiger partial charge in [0.25, 0.3) is 5.91 Å². The van der Waals surface area contributed by atoms with Gasteiger partial charge in [-0.15, -0.1) is 0 Å². The monoisotopic (exact) mass is 412 g/mol. The highest BCUT2D eigenvalue weighted by Gasteiger charge is 2.27. The number of hydrogen-bond acceptors (Lipinski definition) is 6. The Bertz CT molecular complexity index is 800. The standard InChI is InChI=1S/C23H32N4O3/c1-29-17-20-8-5-9-27(15-20)23(28)21-18-30-22(24-21)16-26-12-10-25(11-13-26)14-19-6-3-2-4-7-19/h2-4,6-7,18,20H,5,8-17H2,1H3. The third-order valence-electron chi connectivity index (χ3n) is 6.05. The molecular formula is C23H32N4O3. The molecule has 1 aromatic heterocycles. The predicted molar refractivity (Wildman–Crippen MR) is 114 cm³/mol. The summed E-state index contributed by atoms with van der Waals surface area (Å²) in [6, 6.07) is 10.6. The molecule has 1 amide bonds. The second kappa shape index (κ2) is 10.2. The number of carbonyl (C=O) groups is 1. The molecule has 1 atom stereocenters. The Kier molecular flexibility index (Phi) is 7.15. The van der Waals surface area contributed by atoms with E-state index in [0.29, 0.717) is 30.7 Å². The van der Waals surface area contributed by atoms with E-state index in [0.717, 1.165) is 58.7 Å². The molecular weight excluding hydrogens is 380 g/mol. The van der Waals surface area contributed by atoms with Gasteiger partial charge < -0.3 is 14.1 Å². The van der Waals surface area contributed by atoms with E-state index in [-0.39, 0.29) is 5.91 Å². The van der Waals surface area contributed by atoms with Crippen LogP contribution in [0.3, 0.4) is 0 Å². The molecule has 0 spiro atoms. The smallest absolute Gasteiger partial charge is 0.275 e. The molecule has 162 valence electrons. The Balaban J connectivity index is 1.25. The van der Waals surface area contributed by atoms with Crippen LogP contribution in [-0.4, -0.2) is 78.6 Å². The predicted octanol–water partition coefficient (Wildman–Crippen LogP) is 2.49. The molecule has 0 aliphatic carbocycles. The Labute approximate surface area is 178 Å². The van der Waals surface area contributed by atoms with Crippen molar-refractivity contribution in [1.82, 2.24) is 19.7 Å². The van der Waals surface area contributed by atoms with E-state index in [1.54, 1.807) is 7.11 Å². The van der Waals surface area contributed by atoms with E-state index in [1.807, 2.05) is 4.90 Å². The summed E-state index contributed by atoms with van der Waals surface area (Å²) in [5.41, 5.74) is 1.78. The van der Waals surface area contributed by atoms with E-state index in [2.05, 4.69) is 45.1 Å². The van der Waals surface area contributed by atoms with Gasteiger partial charge in [-0.2, -0.15) is 0 Å². The lowest BCUT2D eigenvalue weighted by Crippen LogP contribution is -2.45. The molecule has 1 unspecified atom stereocenters. The molecule has 2 fully saturated rings. The molecule has 30 heavy (non-hydrogen) atoms. The summed E-state index contributed by atoms with van der Waals surface area (Å²) in [5.74, 6) is 1.00. The lowest BCUT2D eigenvalue weighted by Gasteiger charge is -2.34. The molecule has 0 saturated carbocycles. The van der Waals surface area contributed by atoms with Crippen LogP contribution in [0.2, 0.25) is 0 Å². The molecule has 7 nitrogen and oxygen atoms in total. The summed E-state index contributed by atoms with van der Waals surface area (Å²) in [6.45, 7) is 7.86. The van der Waals surface area contributed by atoms with Gasteiger partial charge in [-0.05, 0) is 24.3 Å². The summed E-state index contributed by atoms with van der Waals surface area (Å²) in [5, 5.41) is 0. The van der Waals surface area contributed by atoms with E-state index in [9.17, 15) is 4.79 Å². The number of amides is 1. The largest absolute Gasteiger partial charge is 0.447 e. The number of methoxy groups -OCH3 is 1. The molecule has 2 aromatic rings. The zero-order valence-electron chi connectivity index (χ0n) is 17.8. The maximum absolute atomic E-state index is 12.8. The van der Waals surface area contributed by atoms with Crippen molar-refractivity contribution < 1.29 is 13.9 Å². The normalized spacial score (nSPS) is 21.1. The molecule has 2 saturated heterocycles. The van der Waals surface area contributed by atoms with Crippen LogP contribution in [0.4, 0.5) is 0 Å². The highest BCUT2D eigenvalue weighted by molar-refractivity contribution is 5.92. The third-order valence-corrected chi connectivity index (χ3v) is 6.05. The first-order chi connectivity index (χ1) is 14.7. The van der Waals surface area contributed by atoms with Crippen LogP contribution in [0.15, 0.2) is 41.0 Å². The van der Waals surface area contributed by atoms with E-state index < -0.39 is 0 Å². The van der Waals surface area contributed by atoms with Crippen LogP contribution in [0.1, 0.15) is 34.8 Å². The van der Waals surface area contributed by atoms with Gasteiger partial charge in [0.05, 0.1) is 13.2 Å². The van der Waals surface area contributed by atoms with Gasteiger partial charge in [-0.25, -0.2) is 4.98 Å². The third kappa shape index (κ3) is 5.47. The van der Waals surface area contributed by atoms with Gasteiger partial charge in [0.2, 0.25) is 5.89 Å². The van der Waals surface area contributed by atoms with Crippen molar-refractivity contribution >= 4 is 5.91 Å². The minimum Gasteiger partial charge on any atom is -0.447 e. The Morgan fingerprint density at radius 2 is 1.83 bits per heavy atom. The highest BCUT2D eigenvalue weighted by Crippen LogP contribution is 2.19. The average Bonchev–Trinajstić information content (AvgIpc) is 3.24. The summed E-state index contributed by atoms with van der Waals surface area (Å²) >= 11 is 0. The highest BCUT2D eigenvalue weighted by atomic mass is 16.5. The SMILES string of the molecule is COCC1CCCN(C(=O)c2coc(CN3CCN(Cc4ccccc4)CC3)n2)C1. The van der Waals surface area contributed by atoms with Crippen molar-refractivity contribution in [3.05, 3.63) is 53.7 Å². The van der Waals surface area contributed by atoms with Crippen LogP contribution in [0.25, 0.3) is 0 Å². The minimum absolute atomic E-state index is 0.0292. The second-order valence-corrected chi connectivity index (χ2v) is 8.38. The minimum atomic E-state index is -0.0292. The summed E-state index contributed by atoms with van der Waals surface area (Å²) in [7, 11) is 1.71. The first kappa shape index (κ1) is 21.0. The lowest BCUT2D eigenvalue weighted by molar-refractivity contribution is 0.0565. The first-order valence-corrected chi connectivity index (χ1v) is 10.9. The number of benzene rings is 1. The number of aromatic nitrogens is 1. The van der Waals surface area contributed by atoms with Gasteiger partial charge in [-0.3, -0.25) is 14.6 Å². The molecule has 0 N–H and O–H groups in total. The number of rotatable bonds is 7. The first-order valence-electron chi connectivity index (χ1n) is 10.9. The van der Waals surface area contributed by atoms with Crippen molar-refractivity contribution in [3.8, 4) is 0 Å². The molecule has 7 heteroatoms. The molecule has 2 aliphatic rings. The van der Waals surface area contributed by atoms with E-state index in [4.69, 9.17) is 9.15 Å². The lowest BCUT2D eigenvalue weighted by atomic mass is 9.99. The van der Waals surface area contributed by atoms with Crippen molar-refractivity contribution in [2.24, 2.45) is 5.92 Å². The van der Waals surface area contributed by atoms with Crippen molar-refractivity contribution in [3.63, 3.8) is 0 Å². The van der Waals surface area contributed by atoms with E-state index in [1.165, 1.54) is 11.8 Å². The van der Waals surface area contributed by atoms with Crippen molar-refractivity contribution in [1.29, 1.82) is 0 Å². The van der Waals surface area contributed by atoms with Gasteiger partial charge in [-0.1, -0.05) is 30.3 Å². The number of piperidine rings is 1. The molecule has 4 rings (SSSR count). The van der Waals surface area contributed by atoms with Crippen molar-refractivity contribution in [2.45, 2.75) is 25.9 Å². The summed E-state index contributed by atoms with van der Waals surface area (Å²) in [6.07, 6.45) is 3.64. The average molecular weight is 413 g/mol. The van der Waals surface area contributed by atoms with Crippen LogP contribution in [0.5, 0.6) is 0 Å². The zero-order valence-corrected chi connectivity index (χ0v) is 17.8. The number of hydrogen-bond donors (Lipinski definition) is 0. The topological polar surface area (TPSA) is 62.1 Å². The number of likely N-dealkylation sites (tertiary alicyclic amines) is 1. The molecule has 0 radical (unpaired) electrons. The Morgan fingerprint density at radius 1 is 1.10 bits per heavy atom. The fraction of sp³-hybridized carbons (Fsp3) is 0.565. The number of ether oxygens (including phenoxy) is 1. The van der Waals surface area contributed by atoms with Crippen LogP contribution in [-0.2, 0) is 17.8 Å². The van der Waals surface area contributed by atoms with Crippen molar-refractivity contribution in [2.75, 3.05) is 53.0 Å². The molecule has 3 heterocycles. The second-order valence-electron chi connectivity index (χ2n) is 8.38. The number of nitrogens with zero attached hydrogens (tertiary/aromatic N) is 4. The van der Waals surface area contributed by atoms with Crippen LogP contribution < -0.4 is 0 Å². The number of piperazine rings is 1. The fourth-order valence-corrected chi connectivity index (χ4v) is 4.40. The Morgan fingerprint density at radius 3 is 2.57 bits per heavy atom.